The van der Waals surface area contributed by atoms with Crippen molar-refractivity contribution in [2.45, 2.75) is 18.7 Å². The first-order valence-corrected chi connectivity index (χ1v) is 9.28. The van der Waals surface area contributed by atoms with E-state index in [4.69, 9.17) is 4.74 Å². The quantitative estimate of drug-likeness (QED) is 0.763. The highest BCUT2D eigenvalue weighted by molar-refractivity contribution is 8.03. The minimum absolute atomic E-state index is 0.0885. The van der Waals surface area contributed by atoms with Gasteiger partial charge in [0.25, 0.3) is 5.91 Å². The van der Waals surface area contributed by atoms with E-state index >= 15 is 0 Å². The van der Waals surface area contributed by atoms with Gasteiger partial charge in [0, 0.05) is 17.5 Å². The summed E-state index contributed by atoms with van der Waals surface area (Å²) < 4.78 is 5.36. The summed E-state index contributed by atoms with van der Waals surface area (Å²) in [7, 11) is 1.66. The van der Waals surface area contributed by atoms with Gasteiger partial charge in [0.2, 0.25) is 0 Å². The molecule has 0 bridgehead atoms. The summed E-state index contributed by atoms with van der Waals surface area (Å²) in [4.78, 5) is 16.4. The number of nitrogens with zero attached hydrogens (tertiary/aromatic N) is 3. The summed E-state index contributed by atoms with van der Waals surface area (Å²) in [5.41, 5.74) is 3.24. The lowest BCUT2D eigenvalue weighted by atomic mass is 10.1. The van der Waals surface area contributed by atoms with E-state index in [0.29, 0.717) is 5.57 Å². The minimum Gasteiger partial charge on any atom is -0.497 e. The average Bonchev–Trinajstić information content (AvgIpc) is 3.17. The third-order valence-electron chi connectivity index (χ3n) is 4.46. The van der Waals surface area contributed by atoms with Crippen LogP contribution in [0.4, 0.5) is 11.4 Å². The SMILES string of the molecule is CCN1/C(=C2\C(=O)N(c3ccccc3)N=C2C)Sc2ccc(OC)cc21. The molecule has 2 aliphatic heterocycles. The van der Waals surface area contributed by atoms with Gasteiger partial charge in [-0.1, -0.05) is 30.0 Å². The van der Waals surface area contributed by atoms with E-state index in [2.05, 4.69) is 16.9 Å². The highest BCUT2D eigenvalue weighted by atomic mass is 32.2. The Morgan fingerprint density at radius 1 is 1.15 bits per heavy atom. The van der Waals surface area contributed by atoms with Crippen LogP contribution in [0.25, 0.3) is 0 Å². The van der Waals surface area contributed by atoms with Gasteiger partial charge in [-0.3, -0.25) is 4.79 Å². The van der Waals surface area contributed by atoms with Gasteiger partial charge >= 0.3 is 0 Å². The molecule has 6 heteroatoms. The van der Waals surface area contributed by atoms with Crippen LogP contribution in [0.3, 0.4) is 0 Å². The molecule has 0 saturated heterocycles. The Bertz CT molecular complexity index is 937. The van der Waals surface area contributed by atoms with Crippen LogP contribution in [0.2, 0.25) is 0 Å². The fourth-order valence-electron chi connectivity index (χ4n) is 3.19. The fourth-order valence-corrected chi connectivity index (χ4v) is 4.48. The highest BCUT2D eigenvalue weighted by Gasteiger charge is 2.37. The number of hydrogen-bond acceptors (Lipinski definition) is 5. The van der Waals surface area contributed by atoms with Crippen LogP contribution >= 0.6 is 11.8 Å². The second-order valence-corrected chi connectivity index (χ2v) is 7.03. The van der Waals surface area contributed by atoms with Crippen molar-refractivity contribution in [1.82, 2.24) is 0 Å². The lowest BCUT2D eigenvalue weighted by molar-refractivity contribution is -0.114. The molecule has 0 spiro atoms. The summed E-state index contributed by atoms with van der Waals surface area (Å²) in [6.45, 7) is 4.73. The van der Waals surface area contributed by atoms with Gasteiger partial charge in [-0.25, -0.2) is 0 Å². The number of hydrogen-bond donors (Lipinski definition) is 0. The Morgan fingerprint density at radius 2 is 1.92 bits per heavy atom. The van der Waals surface area contributed by atoms with Gasteiger partial charge in [0.15, 0.2) is 0 Å². The Morgan fingerprint density at radius 3 is 2.62 bits per heavy atom. The highest BCUT2D eigenvalue weighted by Crippen LogP contribution is 2.49. The lowest BCUT2D eigenvalue weighted by Gasteiger charge is -2.20. The number of para-hydroxylation sites is 1. The molecule has 2 aromatic carbocycles. The van der Waals surface area contributed by atoms with Crippen molar-refractivity contribution in [1.29, 1.82) is 0 Å². The maximum atomic E-state index is 13.1. The minimum atomic E-state index is -0.0885. The standard InChI is InChI=1S/C20H19N3O2S/c1-4-22-16-12-15(25-3)10-11-17(16)26-20(22)18-13(2)21-23(19(18)24)14-8-6-5-7-9-14/h5-12H,4H2,1-3H3/b20-18+. The molecule has 0 saturated carbocycles. The number of rotatable bonds is 3. The number of amides is 1. The Hall–Kier alpha value is -2.73. The van der Waals surface area contributed by atoms with E-state index in [0.717, 1.165) is 39.3 Å². The smallest absolute Gasteiger partial charge is 0.283 e. The number of hydrazone groups is 1. The first-order valence-electron chi connectivity index (χ1n) is 8.46. The van der Waals surface area contributed by atoms with Gasteiger partial charge in [-0.2, -0.15) is 10.1 Å². The van der Waals surface area contributed by atoms with Crippen LogP contribution in [0.15, 0.2) is 69.1 Å². The van der Waals surface area contributed by atoms with Gasteiger partial charge in [-0.05, 0) is 38.1 Å². The molecule has 0 unspecified atom stereocenters. The predicted molar refractivity (Wildman–Crippen MR) is 106 cm³/mol. The predicted octanol–water partition coefficient (Wildman–Crippen LogP) is 4.26. The monoisotopic (exact) mass is 365 g/mol. The Balaban J connectivity index is 1.77. The average molecular weight is 365 g/mol. The number of thioether (sulfide) groups is 1. The third-order valence-corrected chi connectivity index (χ3v) is 5.64. The molecule has 0 fully saturated rings. The van der Waals surface area contributed by atoms with Crippen molar-refractivity contribution in [3.63, 3.8) is 0 Å². The number of carbonyl (C=O) groups excluding carboxylic acids is 1. The largest absolute Gasteiger partial charge is 0.497 e. The normalized spacial score (nSPS) is 19.0. The summed E-state index contributed by atoms with van der Waals surface area (Å²) in [6.07, 6.45) is 0. The molecular formula is C20H19N3O2S. The second kappa shape index (κ2) is 6.53. The van der Waals surface area contributed by atoms with E-state index in [9.17, 15) is 4.79 Å². The lowest BCUT2D eigenvalue weighted by Crippen LogP contribution is -2.26. The number of anilines is 2. The maximum Gasteiger partial charge on any atom is 0.283 e. The first kappa shape index (κ1) is 16.7. The molecule has 0 aromatic heterocycles. The molecule has 2 heterocycles. The topological polar surface area (TPSA) is 45.1 Å². The molecule has 0 radical (unpaired) electrons. The Labute approximate surface area is 156 Å². The van der Waals surface area contributed by atoms with Crippen molar-refractivity contribution in [2.75, 3.05) is 23.6 Å². The second-order valence-electron chi connectivity index (χ2n) is 6.00. The van der Waals surface area contributed by atoms with Crippen molar-refractivity contribution < 1.29 is 9.53 Å². The molecule has 2 aromatic rings. The summed E-state index contributed by atoms with van der Waals surface area (Å²) in [6, 6.07) is 15.5. The van der Waals surface area contributed by atoms with E-state index < -0.39 is 0 Å². The molecule has 26 heavy (non-hydrogen) atoms. The van der Waals surface area contributed by atoms with Crippen LogP contribution in [-0.2, 0) is 4.79 Å². The third kappa shape index (κ3) is 2.57. The van der Waals surface area contributed by atoms with Crippen molar-refractivity contribution in [3.8, 4) is 5.75 Å². The van der Waals surface area contributed by atoms with Gasteiger partial charge in [-0.15, -0.1) is 0 Å². The molecule has 0 N–H and O–H groups in total. The molecule has 2 aliphatic rings. The zero-order valence-corrected chi connectivity index (χ0v) is 15.7. The zero-order chi connectivity index (χ0) is 18.3. The molecule has 0 aliphatic carbocycles. The van der Waals surface area contributed by atoms with Crippen molar-refractivity contribution in [2.24, 2.45) is 5.10 Å². The summed E-state index contributed by atoms with van der Waals surface area (Å²) in [5.74, 6) is 0.720. The number of methoxy groups -OCH3 is 1. The summed E-state index contributed by atoms with van der Waals surface area (Å²) in [5, 5.41) is 6.92. The van der Waals surface area contributed by atoms with Gasteiger partial charge in [0.05, 0.1) is 34.8 Å². The van der Waals surface area contributed by atoms with E-state index in [1.54, 1.807) is 18.9 Å². The fraction of sp³-hybridized carbons (Fsp3) is 0.200. The molecular weight excluding hydrogens is 346 g/mol. The van der Waals surface area contributed by atoms with Crippen LogP contribution in [0, 0.1) is 0 Å². The van der Waals surface area contributed by atoms with Crippen LogP contribution in [-0.4, -0.2) is 25.3 Å². The number of carbonyl (C=O) groups is 1. The van der Waals surface area contributed by atoms with E-state index in [-0.39, 0.29) is 5.91 Å². The molecule has 0 atom stereocenters. The number of fused-ring (bicyclic) bond motifs is 1. The van der Waals surface area contributed by atoms with Crippen LogP contribution in [0.5, 0.6) is 5.75 Å². The number of benzene rings is 2. The molecule has 132 valence electrons. The molecule has 5 nitrogen and oxygen atoms in total. The Kier molecular flexibility index (Phi) is 4.20. The van der Waals surface area contributed by atoms with Crippen molar-refractivity contribution >= 4 is 34.8 Å². The summed E-state index contributed by atoms with van der Waals surface area (Å²) >= 11 is 1.61. The molecule has 4 rings (SSSR count). The number of ether oxygens (including phenoxy) is 1. The van der Waals surface area contributed by atoms with E-state index in [1.807, 2.05) is 55.5 Å². The first-order chi connectivity index (χ1) is 12.6. The maximum absolute atomic E-state index is 13.1. The van der Waals surface area contributed by atoms with Gasteiger partial charge in [0.1, 0.15) is 5.75 Å². The van der Waals surface area contributed by atoms with Crippen molar-refractivity contribution in [3.05, 3.63) is 59.1 Å². The van der Waals surface area contributed by atoms with Crippen LogP contribution in [0.1, 0.15) is 13.8 Å². The van der Waals surface area contributed by atoms with Gasteiger partial charge < -0.3 is 9.64 Å². The molecule has 1 amide bonds. The zero-order valence-electron chi connectivity index (χ0n) is 14.9. The van der Waals surface area contributed by atoms with E-state index in [1.165, 1.54) is 5.01 Å². The van der Waals surface area contributed by atoms with Crippen LogP contribution < -0.4 is 14.6 Å².